The maximum Gasteiger partial charge on any atom is 0.338 e. The number of hydrogen-bond donors (Lipinski definition) is 0. The van der Waals surface area contributed by atoms with E-state index in [2.05, 4.69) is 20.9 Å². The number of aliphatic imine (C=N–C) groups is 1. The van der Waals surface area contributed by atoms with E-state index in [0.717, 1.165) is 4.47 Å². The van der Waals surface area contributed by atoms with Crippen LogP contribution in [0.5, 0.6) is 5.75 Å². The van der Waals surface area contributed by atoms with Crippen LogP contribution in [-0.2, 0) is 14.3 Å². The van der Waals surface area contributed by atoms with Crippen LogP contribution >= 0.6 is 27.7 Å². The fourth-order valence-electron chi connectivity index (χ4n) is 3.09. The first-order valence-corrected chi connectivity index (χ1v) is 9.86. The number of methoxy groups -OCH3 is 1. The molecule has 26 heavy (non-hydrogen) atoms. The lowest BCUT2D eigenvalue weighted by Crippen LogP contribution is -2.40. The van der Waals surface area contributed by atoms with Crippen molar-refractivity contribution in [2.75, 3.05) is 13.7 Å². The van der Waals surface area contributed by atoms with Gasteiger partial charge in [-0.15, -0.1) is 0 Å². The van der Waals surface area contributed by atoms with Gasteiger partial charge < -0.3 is 9.47 Å². The summed E-state index contributed by atoms with van der Waals surface area (Å²) in [6.07, 6.45) is 0. The van der Waals surface area contributed by atoms with Crippen molar-refractivity contribution >= 4 is 44.7 Å². The number of thioether (sulfide) groups is 1. The van der Waals surface area contributed by atoms with Crippen molar-refractivity contribution in [3.63, 3.8) is 0 Å². The second-order valence-corrected chi connectivity index (χ2v) is 8.09. The molecule has 1 aromatic carbocycles. The Morgan fingerprint density at radius 2 is 2.15 bits per heavy atom. The predicted octanol–water partition coefficient (Wildman–Crippen LogP) is 3.67. The Balaban J connectivity index is 2.23. The molecule has 0 spiro atoms. The molecule has 2 heterocycles. The van der Waals surface area contributed by atoms with E-state index in [-0.39, 0.29) is 17.8 Å². The number of halogens is 1. The van der Waals surface area contributed by atoms with Gasteiger partial charge in [-0.3, -0.25) is 9.69 Å². The van der Waals surface area contributed by atoms with Crippen molar-refractivity contribution < 1.29 is 19.1 Å². The highest BCUT2D eigenvalue weighted by Gasteiger charge is 2.47. The van der Waals surface area contributed by atoms with Gasteiger partial charge in [0.2, 0.25) is 5.91 Å². The maximum absolute atomic E-state index is 12.8. The van der Waals surface area contributed by atoms with Crippen molar-refractivity contribution in [1.29, 1.82) is 0 Å². The third kappa shape index (κ3) is 3.16. The first-order valence-electron chi connectivity index (χ1n) is 8.18. The van der Waals surface area contributed by atoms with Crippen molar-refractivity contribution in [3.05, 3.63) is 39.5 Å². The molecule has 2 aliphatic heterocycles. The van der Waals surface area contributed by atoms with Gasteiger partial charge in [0, 0.05) is 10.0 Å². The Hall–Kier alpha value is -1.80. The molecule has 1 fully saturated rings. The highest BCUT2D eigenvalue weighted by atomic mass is 79.9. The van der Waals surface area contributed by atoms with E-state index in [4.69, 9.17) is 9.47 Å². The van der Waals surface area contributed by atoms with Crippen molar-refractivity contribution in [2.24, 2.45) is 4.99 Å². The van der Waals surface area contributed by atoms with Gasteiger partial charge in [0.25, 0.3) is 0 Å². The Kier molecular flexibility index (Phi) is 5.43. The van der Waals surface area contributed by atoms with Gasteiger partial charge in [-0.1, -0.05) is 27.7 Å². The van der Waals surface area contributed by atoms with Crippen LogP contribution in [0.25, 0.3) is 0 Å². The van der Waals surface area contributed by atoms with Gasteiger partial charge in [0.05, 0.1) is 30.2 Å². The lowest BCUT2D eigenvalue weighted by Gasteiger charge is -2.33. The molecule has 0 radical (unpaired) electrons. The standard InChI is InChI=1S/C18H19BrN2O4S/c1-5-25-17(23)14-9(2)20-18-21(16(22)10(3)26-18)15(14)12-8-11(19)6-7-13(12)24-4/h6-8,10,15H,5H2,1-4H3. The number of carbonyl (C=O) groups is 2. The average Bonchev–Trinajstić information content (AvgIpc) is 2.87. The number of benzene rings is 1. The normalized spacial score (nSPS) is 22.3. The molecular formula is C18H19BrN2O4S. The number of amides is 1. The van der Waals surface area contributed by atoms with Gasteiger partial charge in [0.1, 0.15) is 11.8 Å². The summed E-state index contributed by atoms with van der Waals surface area (Å²) >= 11 is 4.86. The predicted molar refractivity (Wildman–Crippen MR) is 104 cm³/mol. The van der Waals surface area contributed by atoms with Crippen LogP contribution in [0.2, 0.25) is 0 Å². The van der Waals surface area contributed by atoms with Crippen LogP contribution in [0, 0.1) is 0 Å². The molecule has 0 saturated carbocycles. The second-order valence-electron chi connectivity index (χ2n) is 5.87. The van der Waals surface area contributed by atoms with Gasteiger partial charge in [-0.25, -0.2) is 9.79 Å². The van der Waals surface area contributed by atoms with Crippen LogP contribution in [0.15, 0.2) is 38.9 Å². The van der Waals surface area contributed by atoms with Gasteiger partial charge in [-0.2, -0.15) is 0 Å². The zero-order valence-corrected chi connectivity index (χ0v) is 17.3. The quantitative estimate of drug-likeness (QED) is 0.670. The topological polar surface area (TPSA) is 68.2 Å². The van der Waals surface area contributed by atoms with Gasteiger partial charge >= 0.3 is 5.97 Å². The Morgan fingerprint density at radius 3 is 2.81 bits per heavy atom. The minimum Gasteiger partial charge on any atom is -0.496 e. The van der Waals surface area contributed by atoms with Crippen molar-refractivity contribution in [3.8, 4) is 5.75 Å². The second kappa shape index (κ2) is 7.44. The fraction of sp³-hybridized carbons (Fsp3) is 0.389. The molecule has 3 rings (SSSR count). The molecule has 0 aromatic heterocycles. The number of esters is 1. The van der Waals surface area contributed by atoms with Gasteiger partial charge in [0.15, 0.2) is 5.17 Å². The number of allylic oxidation sites excluding steroid dienone is 1. The molecule has 1 amide bonds. The van der Waals surface area contributed by atoms with E-state index in [1.54, 1.807) is 31.9 Å². The monoisotopic (exact) mass is 438 g/mol. The lowest BCUT2D eigenvalue weighted by atomic mass is 9.93. The summed E-state index contributed by atoms with van der Waals surface area (Å²) in [6.45, 7) is 5.59. The molecule has 1 aromatic rings. The molecule has 0 bridgehead atoms. The third-order valence-electron chi connectivity index (χ3n) is 4.24. The first kappa shape index (κ1) is 19.0. The van der Waals surface area contributed by atoms with Crippen LogP contribution in [0.3, 0.4) is 0 Å². The number of rotatable bonds is 4. The first-order chi connectivity index (χ1) is 12.4. The van der Waals surface area contributed by atoms with Crippen molar-refractivity contribution in [1.82, 2.24) is 4.90 Å². The zero-order valence-electron chi connectivity index (χ0n) is 14.9. The molecule has 6 nitrogen and oxygen atoms in total. The molecule has 2 aliphatic rings. The lowest BCUT2D eigenvalue weighted by molar-refractivity contribution is -0.139. The summed E-state index contributed by atoms with van der Waals surface area (Å²) in [4.78, 5) is 31.6. The summed E-state index contributed by atoms with van der Waals surface area (Å²) in [6, 6.07) is 4.88. The molecular weight excluding hydrogens is 420 g/mol. The number of amidine groups is 1. The molecule has 0 N–H and O–H groups in total. The zero-order chi connectivity index (χ0) is 19.0. The molecule has 2 unspecified atom stereocenters. The van der Waals surface area contributed by atoms with Crippen molar-refractivity contribution in [2.45, 2.75) is 32.1 Å². The van der Waals surface area contributed by atoms with E-state index < -0.39 is 12.0 Å². The SMILES string of the molecule is CCOC(=O)C1=C(C)N=C2SC(C)C(=O)N2C1c1cc(Br)ccc1OC. The molecule has 2 atom stereocenters. The Bertz CT molecular complexity index is 836. The molecule has 0 aliphatic carbocycles. The minimum absolute atomic E-state index is 0.0879. The number of carbonyl (C=O) groups excluding carboxylic acids is 2. The van der Waals surface area contributed by atoms with Crippen LogP contribution < -0.4 is 4.74 Å². The van der Waals surface area contributed by atoms with E-state index in [9.17, 15) is 9.59 Å². The Labute approximate surface area is 164 Å². The van der Waals surface area contributed by atoms with E-state index >= 15 is 0 Å². The summed E-state index contributed by atoms with van der Waals surface area (Å²) < 4.78 is 11.6. The largest absolute Gasteiger partial charge is 0.496 e. The van der Waals surface area contributed by atoms with E-state index in [0.29, 0.717) is 27.8 Å². The summed E-state index contributed by atoms with van der Waals surface area (Å²) in [5, 5.41) is 0.337. The van der Waals surface area contributed by atoms with E-state index in [1.165, 1.54) is 11.8 Å². The number of hydrogen-bond acceptors (Lipinski definition) is 6. The molecule has 8 heteroatoms. The van der Waals surface area contributed by atoms with Crippen LogP contribution in [-0.4, -0.2) is 40.9 Å². The smallest absolute Gasteiger partial charge is 0.338 e. The molecule has 138 valence electrons. The fourth-order valence-corrected chi connectivity index (χ4v) is 4.49. The van der Waals surface area contributed by atoms with Crippen LogP contribution in [0.1, 0.15) is 32.4 Å². The highest BCUT2D eigenvalue weighted by Crippen LogP contribution is 2.46. The maximum atomic E-state index is 12.8. The minimum atomic E-state index is -0.640. The van der Waals surface area contributed by atoms with Gasteiger partial charge in [-0.05, 0) is 39.0 Å². The average molecular weight is 439 g/mol. The number of ether oxygens (including phenoxy) is 2. The van der Waals surface area contributed by atoms with E-state index in [1.807, 2.05) is 19.1 Å². The highest BCUT2D eigenvalue weighted by molar-refractivity contribution is 9.10. The third-order valence-corrected chi connectivity index (χ3v) is 5.79. The summed E-state index contributed by atoms with van der Waals surface area (Å²) in [5.41, 5.74) is 1.62. The Morgan fingerprint density at radius 1 is 1.42 bits per heavy atom. The van der Waals surface area contributed by atoms with Crippen LogP contribution in [0.4, 0.5) is 0 Å². The number of fused-ring (bicyclic) bond motifs is 1. The molecule has 1 saturated heterocycles. The summed E-state index contributed by atoms with van der Waals surface area (Å²) in [5.74, 6) is 0.0265. The number of nitrogens with zero attached hydrogens (tertiary/aromatic N) is 2. The summed E-state index contributed by atoms with van der Waals surface area (Å²) in [7, 11) is 1.56.